The lowest BCUT2D eigenvalue weighted by Gasteiger charge is -2.15. The molecule has 1 heterocycles. The van der Waals surface area contributed by atoms with Gasteiger partial charge < -0.3 is 14.0 Å². The quantitative estimate of drug-likeness (QED) is 0.279. The molecule has 0 spiro atoms. The van der Waals surface area contributed by atoms with Gasteiger partial charge in [-0.15, -0.1) is 10.2 Å². The van der Waals surface area contributed by atoms with Crippen LogP contribution in [0.2, 0.25) is 0 Å². The number of methoxy groups -OCH3 is 1. The van der Waals surface area contributed by atoms with E-state index >= 15 is 0 Å². The Labute approximate surface area is 193 Å². The fourth-order valence-electron chi connectivity index (χ4n) is 3.46. The number of hydrogen-bond donors (Lipinski definition) is 0. The van der Waals surface area contributed by atoms with Crippen LogP contribution in [0.15, 0.2) is 90.1 Å². The summed E-state index contributed by atoms with van der Waals surface area (Å²) in [5, 5.41) is 10.0. The lowest BCUT2D eigenvalue weighted by molar-refractivity contribution is 0.181. The predicted molar refractivity (Wildman–Crippen MR) is 129 cm³/mol. The van der Waals surface area contributed by atoms with Gasteiger partial charge in [0, 0.05) is 24.5 Å². The van der Waals surface area contributed by atoms with E-state index in [-0.39, 0.29) is 5.25 Å². The summed E-state index contributed by atoms with van der Waals surface area (Å²) in [5.41, 5.74) is 3.44. The van der Waals surface area contributed by atoms with Crippen molar-refractivity contribution in [3.63, 3.8) is 0 Å². The Hall–Kier alpha value is -3.09. The van der Waals surface area contributed by atoms with Crippen LogP contribution in [-0.4, -0.2) is 28.5 Å². The van der Waals surface area contributed by atoms with Crippen LogP contribution < -0.4 is 4.74 Å². The van der Waals surface area contributed by atoms with Crippen molar-refractivity contribution in [2.45, 2.75) is 30.5 Å². The molecule has 164 valence electrons. The number of ether oxygens (including phenoxy) is 2. The predicted octanol–water partition coefficient (Wildman–Crippen LogP) is 6.02. The van der Waals surface area contributed by atoms with E-state index < -0.39 is 0 Å². The maximum absolute atomic E-state index is 6.23. The summed E-state index contributed by atoms with van der Waals surface area (Å²) in [5.74, 6) is 1.61. The van der Waals surface area contributed by atoms with Crippen LogP contribution in [0.5, 0.6) is 5.75 Å². The van der Waals surface area contributed by atoms with Crippen LogP contribution in [-0.2, 0) is 17.9 Å². The third-order valence-electron chi connectivity index (χ3n) is 5.19. The third kappa shape index (κ3) is 5.39. The molecule has 0 bridgehead atoms. The number of para-hydroxylation sites is 1. The molecule has 5 nitrogen and oxygen atoms in total. The molecule has 0 aliphatic rings. The summed E-state index contributed by atoms with van der Waals surface area (Å²) in [4.78, 5) is 0. The largest absolute Gasteiger partial charge is 0.485 e. The van der Waals surface area contributed by atoms with E-state index in [2.05, 4.69) is 64.2 Å². The van der Waals surface area contributed by atoms with Gasteiger partial charge in [0.1, 0.15) is 12.4 Å². The molecule has 32 heavy (non-hydrogen) atoms. The van der Waals surface area contributed by atoms with E-state index in [1.165, 1.54) is 5.56 Å². The summed E-state index contributed by atoms with van der Waals surface area (Å²) in [6.07, 6.45) is 0. The van der Waals surface area contributed by atoms with Crippen molar-refractivity contribution in [1.29, 1.82) is 0 Å². The average Bonchev–Trinajstić information content (AvgIpc) is 3.23. The molecule has 6 heteroatoms. The molecule has 0 radical (unpaired) electrons. The molecule has 0 N–H and O–H groups in total. The summed E-state index contributed by atoms with van der Waals surface area (Å²) in [7, 11) is 1.70. The second-order valence-electron chi connectivity index (χ2n) is 7.36. The van der Waals surface area contributed by atoms with E-state index in [4.69, 9.17) is 9.47 Å². The molecule has 4 rings (SSSR count). The minimum absolute atomic E-state index is 0.259. The van der Waals surface area contributed by atoms with Gasteiger partial charge in [0.05, 0.1) is 6.61 Å². The van der Waals surface area contributed by atoms with Crippen LogP contribution >= 0.6 is 11.8 Å². The molecule has 0 fully saturated rings. The van der Waals surface area contributed by atoms with Gasteiger partial charge in [0.25, 0.3) is 0 Å². The van der Waals surface area contributed by atoms with Crippen LogP contribution in [0.1, 0.15) is 23.6 Å². The fraction of sp³-hybridized carbons (Fsp3) is 0.231. The zero-order chi connectivity index (χ0) is 22.2. The maximum atomic E-state index is 6.23. The molecule has 1 unspecified atom stereocenters. The first-order valence-corrected chi connectivity index (χ1v) is 11.5. The minimum Gasteiger partial charge on any atom is -0.485 e. The zero-order valence-electron chi connectivity index (χ0n) is 18.3. The molecule has 0 saturated carbocycles. The van der Waals surface area contributed by atoms with Gasteiger partial charge in [-0.2, -0.15) is 0 Å². The van der Waals surface area contributed by atoms with E-state index in [1.807, 2.05) is 42.5 Å². The molecule has 3 aromatic carbocycles. The Balaban J connectivity index is 1.53. The lowest BCUT2D eigenvalue weighted by atomic mass is 10.1. The van der Waals surface area contributed by atoms with E-state index in [1.54, 1.807) is 18.9 Å². The van der Waals surface area contributed by atoms with Crippen molar-refractivity contribution in [3.8, 4) is 16.9 Å². The van der Waals surface area contributed by atoms with E-state index in [0.29, 0.717) is 19.8 Å². The molecule has 0 aliphatic heterocycles. The number of aromatic nitrogens is 3. The molecule has 4 aromatic rings. The minimum atomic E-state index is 0.259. The van der Waals surface area contributed by atoms with Gasteiger partial charge in [0.15, 0.2) is 11.0 Å². The molecule has 0 saturated heterocycles. The van der Waals surface area contributed by atoms with Crippen LogP contribution in [0.4, 0.5) is 0 Å². The second-order valence-corrected chi connectivity index (χ2v) is 8.67. The zero-order valence-corrected chi connectivity index (χ0v) is 19.2. The van der Waals surface area contributed by atoms with Gasteiger partial charge in [-0.05, 0) is 24.1 Å². The molecule has 1 aromatic heterocycles. The van der Waals surface area contributed by atoms with Crippen molar-refractivity contribution in [1.82, 2.24) is 14.8 Å². The van der Waals surface area contributed by atoms with Gasteiger partial charge in [-0.25, -0.2) is 0 Å². The normalized spacial score (nSPS) is 11.9. The Morgan fingerprint density at radius 2 is 1.56 bits per heavy atom. The number of rotatable bonds is 10. The summed E-state index contributed by atoms with van der Waals surface area (Å²) >= 11 is 1.69. The summed E-state index contributed by atoms with van der Waals surface area (Å²) in [6, 6.07) is 28.8. The van der Waals surface area contributed by atoms with Crippen molar-refractivity contribution < 1.29 is 9.47 Å². The first-order valence-electron chi connectivity index (χ1n) is 10.7. The fourth-order valence-corrected chi connectivity index (χ4v) is 4.48. The third-order valence-corrected chi connectivity index (χ3v) is 6.33. The first-order chi connectivity index (χ1) is 15.8. The second kappa shape index (κ2) is 11.0. The highest BCUT2D eigenvalue weighted by Crippen LogP contribution is 2.34. The lowest BCUT2D eigenvalue weighted by Crippen LogP contribution is -2.12. The van der Waals surface area contributed by atoms with Crippen molar-refractivity contribution in [2.24, 2.45) is 0 Å². The topological polar surface area (TPSA) is 49.2 Å². The highest BCUT2D eigenvalue weighted by Gasteiger charge is 2.17. The number of hydrogen-bond acceptors (Lipinski definition) is 5. The van der Waals surface area contributed by atoms with Gasteiger partial charge in [0.2, 0.25) is 0 Å². The molecule has 0 aliphatic carbocycles. The Morgan fingerprint density at radius 3 is 2.31 bits per heavy atom. The number of nitrogens with zero attached hydrogens (tertiary/aromatic N) is 3. The number of benzene rings is 3. The van der Waals surface area contributed by atoms with Crippen molar-refractivity contribution in [3.05, 3.63) is 96.3 Å². The van der Waals surface area contributed by atoms with Gasteiger partial charge >= 0.3 is 0 Å². The summed E-state index contributed by atoms with van der Waals surface area (Å²) in [6.45, 7) is 3.77. The number of thioether (sulfide) groups is 1. The standard InChI is InChI=1S/C26H27N3O2S/c1-20(21-11-5-3-6-12-21)32-26-28-27-25(29(26)17-18-30-2)19-31-24-16-10-9-15-23(24)22-13-7-4-8-14-22/h3-16,20H,17-19H2,1-2H3. The summed E-state index contributed by atoms with van der Waals surface area (Å²) < 4.78 is 13.7. The SMILES string of the molecule is COCCn1c(COc2ccccc2-c2ccccc2)nnc1SC(C)c1ccccc1. The molecule has 0 amide bonds. The highest BCUT2D eigenvalue weighted by molar-refractivity contribution is 7.99. The van der Waals surface area contributed by atoms with Crippen molar-refractivity contribution in [2.75, 3.05) is 13.7 Å². The smallest absolute Gasteiger partial charge is 0.191 e. The van der Waals surface area contributed by atoms with Crippen LogP contribution in [0.25, 0.3) is 11.1 Å². The molecular weight excluding hydrogens is 418 g/mol. The Bertz CT molecular complexity index is 1120. The average molecular weight is 446 g/mol. The van der Waals surface area contributed by atoms with Gasteiger partial charge in [-0.3, -0.25) is 0 Å². The highest BCUT2D eigenvalue weighted by atomic mass is 32.2. The maximum Gasteiger partial charge on any atom is 0.191 e. The van der Waals surface area contributed by atoms with E-state index in [9.17, 15) is 0 Å². The first kappa shape index (κ1) is 22.1. The van der Waals surface area contributed by atoms with Crippen LogP contribution in [0, 0.1) is 0 Å². The Kier molecular flexibility index (Phi) is 7.59. The van der Waals surface area contributed by atoms with E-state index in [0.717, 1.165) is 27.9 Å². The molecule has 1 atom stereocenters. The monoisotopic (exact) mass is 445 g/mol. The Morgan fingerprint density at radius 1 is 0.875 bits per heavy atom. The van der Waals surface area contributed by atoms with Gasteiger partial charge in [-0.1, -0.05) is 90.6 Å². The van der Waals surface area contributed by atoms with Crippen molar-refractivity contribution >= 4 is 11.8 Å². The molecular formula is C26H27N3O2S. The van der Waals surface area contributed by atoms with Crippen LogP contribution in [0.3, 0.4) is 0 Å².